The Kier molecular flexibility index (Phi) is 4.14. The number of carbonyl (C=O) groups is 1. The molecule has 1 aromatic carbocycles. The van der Waals surface area contributed by atoms with Crippen LogP contribution >= 0.6 is 0 Å². The van der Waals surface area contributed by atoms with E-state index in [2.05, 4.69) is 10.3 Å². The van der Waals surface area contributed by atoms with Crippen LogP contribution in [0.1, 0.15) is 44.9 Å². The van der Waals surface area contributed by atoms with Gasteiger partial charge in [-0.05, 0) is 44.4 Å². The number of fused-ring (bicyclic) bond motifs is 1. The topological polar surface area (TPSA) is 89.3 Å². The van der Waals surface area contributed by atoms with Crippen molar-refractivity contribution in [2.75, 3.05) is 11.1 Å². The molecule has 1 saturated carbocycles. The molecule has 2 aromatic rings. The van der Waals surface area contributed by atoms with Gasteiger partial charge in [-0.25, -0.2) is 13.4 Å². The lowest BCUT2D eigenvalue weighted by Gasteiger charge is -2.12. The van der Waals surface area contributed by atoms with Crippen molar-refractivity contribution in [3.63, 3.8) is 0 Å². The molecule has 1 aliphatic rings. The van der Waals surface area contributed by atoms with Gasteiger partial charge in [-0.2, -0.15) is 0 Å². The average Bonchev–Trinajstić information content (AvgIpc) is 3.26. The summed E-state index contributed by atoms with van der Waals surface area (Å²) in [6.45, 7) is 3.19. The Labute approximate surface area is 135 Å². The molecule has 1 heterocycles. The largest absolute Gasteiger partial charge is 0.440 e. The van der Waals surface area contributed by atoms with E-state index in [0.717, 1.165) is 18.7 Å². The van der Waals surface area contributed by atoms with E-state index in [0.29, 0.717) is 29.1 Å². The minimum Gasteiger partial charge on any atom is -0.440 e. The zero-order valence-corrected chi connectivity index (χ0v) is 14.0. The number of nitrogens with one attached hydrogen (secondary N) is 1. The lowest BCUT2D eigenvalue weighted by atomic mass is 10.3. The second-order valence-corrected chi connectivity index (χ2v) is 8.45. The molecule has 23 heavy (non-hydrogen) atoms. The summed E-state index contributed by atoms with van der Waals surface area (Å²) in [7, 11) is -3.42. The Morgan fingerprint density at radius 3 is 2.83 bits per heavy atom. The van der Waals surface area contributed by atoms with Crippen LogP contribution in [-0.4, -0.2) is 30.3 Å². The van der Waals surface area contributed by atoms with Gasteiger partial charge in [0.25, 0.3) is 0 Å². The third-order valence-electron chi connectivity index (χ3n) is 3.99. The van der Waals surface area contributed by atoms with Crippen LogP contribution in [0, 0.1) is 0 Å². The van der Waals surface area contributed by atoms with Gasteiger partial charge >= 0.3 is 0 Å². The van der Waals surface area contributed by atoms with Crippen LogP contribution < -0.4 is 5.32 Å². The van der Waals surface area contributed by atoms with Gasteiger partial charge in [-0.3, -0.25) is 4.79 Å². The number of carbonyl (C=O) groups excluding carboxylic acids is 1. The standard InChI is InChI=1S/C16H20N2O4S/c1-3-8-23(20,21)10(2)15(19)17-12-6-7-14-13(9-12)18-16(22-14)11-4-5-11/h6-7,9-11H,3-5,8H2,1-2H3,(H,17,19)/t10-/m1/s1. The summed E-state index contributed by atoms with van der Waals surface area (Å²) >= 11 is 0. The minimum atomic E-state index is -3.42. The number of aromatic nitrogens is 1. The lowest BCUT2D eigenvalue weighted by molar-refractivity contribution is -0.115. The van der Waals surface area contributed by atoms with Crippen LogP contribution in [0.25, 0.3) is 11.1 Å². The van der Waals surface area contributed by atoms with E-state index in [1.165, 1.54) is 6.92 Å². The first kappa shape index (κ1) is 16.0. The van der Waals surface area contributed by atoms with Crippen LogP contribution in [0.5, 0.6) is 0 Å². The fourth-order valence-corrected chi connectivity index (χ4v) is 3.70. The van der Waals surface area contributed by atoms with E-state index in [1.807, 2.05) is 0 Å². The van der Waals surface area contributed by atoms with E-state index in [1.54, 1.807) is 25.1 Å². The summed E-state index contributed by atoms with van der Waals surface area (Å²) in [4.78, 5) is 16.6. The zero-order valence-electron chi connectivity index (χ0n) is 13.2. The predicted octanol–water partition coefficient (Wildman–Crippen LogP) is 2.86. The summed E-state index contributed by atoms with van der Waals surface area (Å²) in [5.41, 5.74) is 1.88. The Balaban J connectivity index is 1.76. The maximum atomic E-state index is 12.2. The molecule has 3 rings (SSSR count). The maximum Gasteiger partial charge on any atom is 0.242 e. The number of oxazole rings is 1. The van der Waals surface area contributed by atoms with Crippen LogP contribution in [0.2, 0.25) is 0 Å². The van der Waals surface area contributed by atoms with Crippen LogP contribution in [0.15, 0.2) is 22.6 Å². The van der Waals surface area contributed by atoms with Crippen molar-refractivity contribution in [2.24, 2.45) is 0 Å². The van der Waals surface area contributed by atoms with Gasteiger partial charge in [0.2, 0.25) is 5.91 Å². The molecule has 1 aromatic heterocycles. The van der Waals surface area contributed by atoms with Gasteiger partial charge < -0.3 is 9.73 Å². The molecule has 1 N–H and O–H groups in total. The second kappa shape index (κ2) is 5.96. The van der Waals surface area contributed by atoms with Crippen molar-refractivity contribution in [3.05, 3.63) is 24.1 Å². The van der Waals surface area contributed by atoms with Crippen LogP contribution in [0.4, 0.5) is 5.69 Å². The molecular formula is C16H20N2O4S. The first-order valence-corrected chi connectivity index (χ1v) is 9.55. The van der Waals surface area contributed by atoms with Crippen molar-refractivity contribution in [3.8, 4) is 0 Å². The maximum absolute atomic E-state index is 12.2. The number of nitrogens with zero attached hydrogens (tertiary/aromatic N) is 1. The first-order chi connectivity index (χ1) is 10.9. The molecule has 0 unspecified atom stereocenters. The van der Waals surface area contributed by atoms with Gasteiger partial charge in [-0.15, -0.1) is 0 Å². The SMILES string of the molecule is CCCS(=O)(=O)[C@H](C)C(=O)Nc1ccc2oc(C3CC3)nc2c1. The highest BCUT2D eigenvalue weighted by molar-refractivity contribution is 7.92. The van der Waals surface area contributed by atoms with E-state index in [-0.39, 0.29) is 5.75 Å². The molecule has 124 valence electrons. The van der Waals surface area contributed by atoms with Gasteiger partial charge in [0.1, 0.15) is 10.8 Å². The van der Waals surface area contributed by atoms with Crippen molar-refractivity contribution in [2.45, 2.75) is 44.3 Å². The van der Waals surface area contributed by atoms with E-state index >= 15 is 0 Å². The summed E-state index contributed by atoms with van der Waals surface area (Å²) in [5.74, 6) is 0.639. The van der Waals surface area contributed by atoms with Gasteiger partial charge in [0, 0.05) is 11.6 Å². The Morgan fingerprint density at radius 1 is 1.43 bits per heavy atom. The number of anilines is 1. The molecule has 0 radical (unpaired) electrons. The number of amides is 1. The predicted molar refractivity (Wildman–Crippen MR) is 88.2 cm³/mol. The van der Waals surface area contributed by atoms with Crippen molar-refractivity contribution in [1.82, 2.24) is 4.98 Å². The molecular weight excluding hydrogens is 316 g/mol. The van der Waals surface area contributed by atoms with E-state index < -0.39 is 21.0 Å². The summed E-state index contributed by atoms with van der Waals surface area (Å²) in [6.07, 6.45) is 2.70. The Hall–Kier alpha value is -1.89. The highest BCUT2D eigenvalue weighted by Gasteiger charge is 2.29. The van der Waals surface area contributed by atoms with Gasteiger partial charge in [0.15, 0.2) is 21.3 Å². The second-order valence-electron chi connectivity index (χ2n) is 6.01. The quantitative estimate of drug-likeness (QED) is 0.876. The van der Waals surface area contributed by atoms with Crippen molar-refractivity contribution < 1.29 is 17.6 Å². The third kappa shape index (κ3) is 3.39. The summed E-state index contributed by atoms with van der Waals surface area (Å²) in [6, 6.07) is 5.15. The normalized spacial score (nSPS) is 16.4. The number of sulfone groups is 1. The monoisotopic (exact) mass is 336 g/mol. The first-order valence-electron chi connectivity index (χ1n) is 7.83. The van der Waals surface area contributed by atoms with E-state index in [4.69, 9.17) is 4.42 Å². The third-order valence-corrected chi connectivity index (χ3v) is 6.26. The molecule has 1 atom stereocenters. The fraction of sp³-hybridized carbons (Fsp3) is 0.500. The van der Waals surface area contributed by atoms with Crippen LogP contribution in [0.3, 0.4) is 0 Å². The Morgan fingerprint density at radius 2 is 2.17 bits per heavy atom. The number of benzene rings is 1. The zero-order chi connectivity index (χ0) is 16.6. The number of hydrogen-bond donors (Lipinski definition) is 1. The van der Waals surface area contributed by atoms with Crippen molar-refractivity contribution in [1.29, 1.82) is 0 Å². The Bertz CT molecular complexity index is 837. The van der Waals surface area contributed by atoms with Crippen molar-refractivity contribution >= 4 is 32.5 Å². The number of rotatable bonds is 6. The fourth-order valence-electron chi connectivity index (χ4n) is 2.40. The smallest absolute Gasteiger partial charge is 0.242 e. The summed E-state index contributed by atoms with van der Waals surface area (Å²) in [5, 5.41) is 1.58. The molecule has 0 aliphatic heterocycles. The molecule has 0 spiro atoms. The highest BCUT2D eigenvalue weighted by Crippen LogP contribution is 2.40. The molecule has 1 amide bonds. The molecule has 0 bridgehead atoms. The minimum absolute atomic E-state index is 0.00859. The molecule has 6 nitrogen and oxygen atoms in total. The van der Waals surface area contributed by atoms with Gasteiger partial charge in [-0.1, -0.05) is 6.92 Å². The van der Waals surface area contributed by atoms with Crippen LogP contribution in [-0.2, 0) is 14.6 Å². The average molecular weight is 336 g/mol. The summed E-state index contributed by atoms with van der Waals surface area (Å²) < 4.78 is 29.6. The van der Waals surface area contributed by atoms with Gasteiger partial charge in [0.05, 0.1) is 5.75 Å². The molecule has 1 aliphatic carbocycles. The number of hydrogen-bond acceptors (Lipinski definition) is 5. The molecule has 7 heteroatoms. The molecule has 1 fully saturated rings. The lowest BCUT2D eigenvalue weighted by Crippen LogP contribution is -2.34. The van der Waals surface area contributed by atoms with E-state index in [9.17, 15) is 13.2 Å². The molecule has 0 saturated heterocycles. The highest BCUT2D eigenvalue weighted by atomic mass is 32.2.